The quantitative estimate of drug-likeness (QED) is 0.805. The van der Waals surface area contributed by atoms with Crippen LogP contribution in [-0.4, -0.2) is 43.4 Å². The number of aromatic nitrogens is 2. The number of anilines is 2. The number of benzene rings is 1. The Morgan fingerprint density at radius 1 is 1.33 bits per heavy atom. The number of carbonyl (C=O) groups is 1. The molecule has 1 unspecified atom stereocenters. The van der Waals surface area contributed by atoms with E-state index in [-0.39, 0.29) is 17.4 Å². The minimum absolute atomic E-state index is 0.0718. The smallest absolute Gasteiger partial charge is 0.266 e. The monoisotopic (exact) mass is 372 g/mol. The highest BCUT2D eigenvalue weighted by Gasteiger charge is 2.23. The van der Waals surface area contributed by atoms with Crippen molar-refractivity contribution < 1.29 is 14.3 Å². The number of carbonyl (C=O) groups excluding carboxylic acids is 1. The second-order valence-corrected chi connectivity index (χ2v) is 6.58. The van der Waals surface area contributed by atoms with Crippen LogP contribution in [0.2, 0.25) is 0 Å². The first-order valence-corrected chi connectivity index (χ1v) is 8.90. The van der Waals surface area contributed by atoms with E-state index in [9.17, 15) is 9.59 Å². The third-order valence-electron chi connectivity index (χ3n) is 4.69. The first-order chi connectivity index (χ1) is 13.1. The Bertz CT molecular complexity index is 852. The molecule has 1 amide bonds. The molecule has 8 nitrogen and oxygen atoms in total. The van der Waals surface area contributed by atoms with Crippen LogP contribution in [0.5, 0.6) is 11.5 Å². The van der Waals surface area contributed by atoms with E-state index in [0.717, 1.165) is 25.1 Å². The van der Waals surface area contributed by atoms with E-state index in [1.54, 1.807) is 38.6 Å². The fourth-order valence-electron chi connectivity index (χ4n) is 3.38. The lowest BCUT2D eigenvalue weighted by molar-refractivity contribution is -0.117. The molecule has 27 heavy (non-hydrogen) atoms. The van der Waals surface area contributed by atoms with Crippen LogP contribution in [0.25, 0.3) is 0 Å². The molecule has 1 aromatic carbocycles. The summed E-state index contributed by atoms with van der Waals surface area (Å²) in [5, 5.41) is 9.15. The number of nitrogens with one attached hydrogen (secondary N) is 2. The molecule has 0 spiro atoms. The summed E-state index contributed by atoms with van der Waals surface area (Å²) < 4.78 is 10.5. The predicted molar refractivity (Wildman–Crippen MR) is 103 cm³/mol. The number of ether oxygens (including phenoxy) is 2. The van der Waals surface area contributed by atoms with Crippen molar-refractivity contribution in [3.63, 3.8) is 0 Å². The van der Waals surface area contributed by atoms with Crippen LogP contribution in [0, 0.1) is 5.92 Å². The van der Waals surface area contributed by atoms with Gasteiger partial charge in [-0.1, -0.05) is 0 Å². The molecule has 144 valence electrons. The Kier molecular flexibility index (Phi) is 5.95. The summed E-state index contributed by atoms with van der Waals surface area (Å²) in [6, 6.07) is 6.82. The van der Waals surface area contributed by atoms with E-state index in [2.05, 4.69) is 20.4 Å². The lowest BCUT2D eigenvalue weighted by Gasteiger charge is -2.33. The number of piperidine rings is 1. The highest BCUT2D eigenvalue weighted by Crippen LogP contribution is 2.30. The van der Waals surface area contributed by atoms with Gasteiger partial charge in [0.05, 0.1) is 31.8 Å². The van der Waals surface area contributed by atoms with Gasteiger partial charge in [0, 0.05) is 31.6 Å². The SMILES string of the molecule is COc1ccc(OC)c(NC(=O)CC2CCCN(c3cn[nH]c(=O)c3)C2)c1. The van der Waals surface area contributed by atoms with Crippen molar-refractivity contribution in [2.75, 3.05) is 37.5 Å². The van der Waals surface area contributed by atoms with Crippen LogP contribution in [0.15, 0.2) is 35.3 Å². The number of methoxy groups -OCH3 is 2. The molecular weight excluding hydrogens is 348 g/mol. The highest BCUT2D eigenvalue weighted by atomic mass is 16.5. The van der Waals surface area contributed by atoms with Crippen LogP contribution in [-0.2, 0) is 4.79 Å². The van der Waals surface area contributed by atoms with Gasteiger partial charge in [0.2, 0.25) is 5.91 Å². The van der Waals surface area contributed by atoms with Gasteiger partial charge < -0.3 is 19.7 Å². The fourth-order valence-corrected chi connectivity index (χ4v) is 3.38. The second-order valence-electron chi connectivity index (χ2n) is 6.58. The van der Waals surface area contributed by atoms with Crippen LogP contribution in [0.1, 0.15) is 19.3 Å². The summed E-state index contributed by atoms with van der Waals surface area (Å²) in [6.07, 6.45) is 3.97. The fraction of sp³-hybridized carbons (Fsp3) is 0.421. The number of rotatable bonds is 6. The molecule has 1 aromatic heterocycles. The third-order valence-corrected chi connectivity index (χ3v) is 4.69. The zero-order valence-corrected chi connectivity index (χ0v) is 15.5. The maximum atomic E-state index is 12.6. The normalized spacial score (nSPS) is 16.7. The zero-order chi connectivity index (χ0) is 19.2. The molecule has 2 heterocycles. The number of amides is 1. The van der Waals surface area contributed by atoms with Crippen molar-refractivity contribution in [3.8, 4) is 11.5 Å². The van der Waals surface area contributed by atoms with Crippen LogP contribution < -0.4 is 25.2 Å². The molecule has 8 heteroatoms. The van der Waals surface area contributed by atoms with Gasteiger partial charge in [-0.25, -0.2) is 5.10 Å². The summed E-state index contributed by atoms with van der Waals surface area (Å²) >= 11 is 0. The molecule has 1 saturated heterocycles. The van der Waals surface area contributed by atoms with Crippen molar-refractivity contribution in [3.05, 3.63) is 40.8 Å². The van der Waals surface area contributed by atoms with Gasteiger partial charge in [0.15, 0.2) is 0 Å². The van der Waals surface area contributed by atoms with Gasteiger partial charge in [0.25, 0.3) is 5.56 Å². The number of hydrogen-bond donors (Lipinski definition) is 2. The van der Waals surface area contributed by atoms with Gasteiger partial charge in [0.1, 0.15) is 11.5 Å². The van der Waals surface area contributed by atoms with Crippen molar-refractivity contribution in [1.82, 2.24) is 10.2 Å². The minimum Gasteiger partial charge on any atom is -0.497 e. The Hall–Kier alpha value is -3.03. The Balaban J connectivity index is 1.63. The highest BCUT2D eigenvalue weighted by molar-refractivity contribution is 5.92. The lowest BCUT2D eigenvalue weighted by atomic mass is 9.94. The molecule has 2 aromatic rings. The molecule has 0 aliphatic carbocycles. The first kappa shape index (κ1) is 18.8. The van der Waals surface area contributed by atoms with E-state index in [1.165, 1.54) is 6.07 Å². The van der Waals surface area contributed by atoms with Crippen molar-refractivity contribution in [1.29, 1.82) is 0 Å². The molecule has 2 N–H and O–H groups in total. The summed E-state index contributed by atoms with van der Waals surface area (Å²) in [4.78, 5) is 26.1. The van der Waals surface area contributed by atoms with Gasteiger partial charge in [-0.05, 0) is 30.9 Å². The zero-order valence-electron chi connectivity index (χ0n) is 15.5. The molecule has 1 aliphatic heterocycles. The van der Waals surface area contributed by atoms with Gasteiger partial charge in [-0.3, -0.25) is 9.59 Å². The lowest BCUT2D eigenvalue weighted by Crippen LogP contribution is -2.37. The number of H-pyrrole nitrogens is 1. The maximum Gasteiger partial charge on any atom is 0.266 e. The first-order valence-electron chi connectivity index (χ1n) is 8.90. The van der Waals surface area contributed by atoms with E-state index in [0.29, 0.717) is 30.2 Å². The minimum atomic E-state index is -0.225. The van der Waals surface area contributed by atoms with Crippen LogP contribution in [0.3, 0.4) is 0 Å². The average Bonchev–Trinajstić information content (AvgIpc) is 2.68. The summed E-state index contributed by atoms with van der Waals surface area (Å²) in [6.45, 7) is 1.57. The average molecular weight is 372 g/mol. The maximum absolute atomic E-state index is 12.6. The van der Waals surface area contributed by atoms with E-state index >= 15 is 0 Å². The second kappa shape index (κ2) is 8.57. The van der Waals surface area contributed by atoms with Gasteiger partial charge in [-0.15, -0.1) is 0 Å². The van der Waals surface area contributed by atoms with E-state index < -0.39 is 0 Å². The van der Waals surface area contributed by atoms with Crippen molar-refractivity contribution in [2.45, 2.75) is 19.3 Å². The molecule has 0 radical (unpaired) electrons. The largest absolute Gasteiger partial charge is 0.497 e. The van der Waals surface area contributed by atoms with Crippen molar-refractivity contribution in [2.24, 2.45) is 5.92 Å². The standard InChI is InChI=1S/C19H24N4O4/c1-26-15-5-6-17(27-2)16(10-15)21-18(24)8-13-4-3-7-23(12-13)14-9-19(25)22-20-11-14/h5-6,9-11,13H,3-4,7-8,12H2,1-2H3,(H,21,24)(H,22,25). The Morgan fingerprint density at radius 2 is 2.19 bits per heavy atom. The molecule has 0 bridgehead atoms. The summed E-state index contributed by atoms with van der Waals surface area (Å²) in [5.41, 5.74) is 1.16. The Morgan fingerprint density at radius 3 is 2.93 bits per heavy atom. The summed E-state index contributed by atoms with van der Waals surface area (Å²) in [7, 11) is 3.14. The molecule has 1 fully saturated rings. The van der Waals surface area contributed by atoms with Gasteiger partial charge in [-0.2, -0.15) is 5.10 Å². The molecular formula is C19H24N4O4. The van der Waals surface area contributed by atoms with Gasteiger partial charge >= 0.3 is 0 Å². The Labute approximate surface area is 157 Å². The molecule has 0 saturated carbocycles. The van der Waals surface area contributed by atoms with E-state index in [4.69, 9.17) is 9.47 Å². The topological polar surface area (TPSA) is 96.6 Å². The van der Waals surface area contributed by atoms with Crippen molar-refractivity contribution >= 4 is 17.3 Å². The van der Waals surface area contributed by atoms with E-state index in [1.807, 2.05) is 0 Å². The molecule has 1 atom stereocenters. The predicted octanol–water partition coefficient (Wildman–Crippen LogP) is 2.03. The number of nitrogens with zero attached hydrogens (tertiary/aromatic N) is 2. The number of hydrogen-bond acceptors (Lipinski definition) is 6. The summed E-state index contributed by atoms with van der Waals surface area (Å²) in [5.74, 6) is 1.37. The molecule has 3 rings (SSSR count). The van der Waals surface area contributed by atoms with Crippen LogP contribution in [0.4, 0.5) is 11.4 Å². The molecule has 1 aliphatic rings. The van der Waals surface area contributed by atoms with Crippen LogP contribution >= 0.6 is 0 Å². The number of aromatic amines is 1. The third kappa shape index (κ3) is 4.78.